The lowest BCUT2D eigenvalue weighted by atomic mass is 10.0. The SMILES string of the molecule is CN[C@@H](CC1CC1)C(=O)O[C@H](Cc1ccc(N2CCOCC2)cc1)C(=O)N(C)[C@@H](CC1CC1)C(=O)O[C@H](C)C(=O)OCc1ccccc1. The molecular formula is C37H49N3O8. The van der Waals surface area contributed by atoms with Crippen LogP contribution in [0.2, 0.25) is 0 Å². The quantitative estimate of drug-likeness (QED) is 0.198. The summed E-state index contributed by atoms with van der Waals surface area (Å²) in [5, 5.41) is 3.05. The summed E-state index contributed by atoms with van der Waals surface area (Å²) in [6.45, 7) is 4.47. The lowest BCUT2D eigenvalue weighted by Gasteiger charge is -2.31. The van der Waals surface area contributed by atoms with Crippen molar-refractivity contribution in [2.75, 3.05) is 45.3 Å². The molecule has 2 aromatic rings. The number of carbonyl (C=O) groups excluding carboxylic acids is 4. The number of anilines is 1. The summed E-state index contributed by atoms with van der Waals surface area (Å²) >= 11 is 0. The number of nitrogens with one attached hydrogen (secondary N) is 1. The largest absolute Gasteiger partial charge is 0.458 e. The van der Waals surface area contributed by atoms with Crippen molar-refractivity contribution in [3.8, 4) is 0 Å². The summed E-state index contributed by atoms with van der Waals surface area (Å²) in [6.07, 6.45) is 2.91. The molecule has 2 aliphatic carbocycles. The van der Waals surface area contributed by atoms with Crippen LogP contribution >= 0.6 is 0 Å². The van der Waals surface area contributed by atoms with E-state index in [9.17, 15) is 19.2 Å². The Morgan fingerprint density at radius 3 is 2.12 bits per heavy atom. The molecule has 11 heteroatoms. The molecule has 0 spiro atoms. The zero-order chi connectivity index (χ0) is 34.0. The van der Waals surface area contributed by atoms with E-state index in [0.29, 0.717) is 32.0 Å². The minimum Gasteiger partial charge on any atom is -0.458 e. The Bertz CT molecular complexity index is 1370. The van der Waals surface area contributed by atoms with Crippen LogP contribution in [-0.4, -0.2) is 93.4 Å². The molecule has 1 N–H and O–H groups in total. The van der Waals surface area contributed by atoms with Crippen LogP contribution in [-0.2, 0) is 51.2 Å². The van der Waals surface area contributed by atoms with Gasteiger partial charge >= 0.3 is 17.9 Å². The van der Waals surface area contributed by atoms with E-state index in [1.54, 1.807) is 7.05 Å². The van der Waals surface area contributed by atoms with Gasteiger partial charge in [-0.15, -0.1) is 0 Å². The standard InChI is InChI=1S/C37H49N3O8/c1-25(35(42)46-24-29-7-5-4-6-8-29)47-37(44)32(22-27-11-12-27)39(3)34(41)33(48-36(43)31(38-2)21-26-9-10-26)23-28-13-15-30(16-14-28)40-17-19-45-20-18-40/h4-8,13-16,25-27,31-33,38H,9-12,17-24H2,1-3H3/t25-,31+,32+,33-/m1/s1. The average Bonchev–Trinajstić information content (AvgIpc) is 4.05. The maximum Gasteiger partial charge on any atom is 0.347 e. The smallest absolute Gasteiger partial charge is 0.347 e. The fraction of sp³-hybridized carbons (Fsp3) is 0.568. The van der Waals surface area contributed by atoms with E-state index in [1.165, 1.54) is 18.9 Å². The predicted octanol–water partition coefficient (Wildman–Crippen LogP) is 3.67. The molecule has 0 radical (unpaired) electrons. The van der Waals surface area contributed by atoms with Crippen molar-refractivity contribution in [2.45, 2.75) is 82.8 Å². The third-order valence-corrected chi connectivity index (χ3v) is 9.36. The Balaban J connectivity index is 1.28. The molecule has 48 heavy (non-hydrogen) atoms. The molecular weight excluding hydrogens is 614 g/mol. The number of benzene rings is 2. The average molecular weight is 664 g/mol. The minimum absolute atomic E-state index is 0.0558. The summed E-state index contributed by atoms with van der Waals surface area (Å²) in [4.78, 5) is 57.4. The summed E-state index contributed by atoms with van der Waals surface area (Å²) in [6, 6.07) is 15.6. The highest BCUT2D eigenvalue weighted by atomic mass is 16.6. The van der Waals surface area contributed by atoms with Gasteiger partial charge in [0.2, 0.25) is 0 Å². The molecule has 1 saturated heterocycles. The number of likely N-dealkylation sites (N-methyl/N-ethyl adjacent to an activating group) is 2. The van der Waals surface area contributed by atoms with Gasteiger partial charge < -0.3 is 34.1 Å². The van der Waals surface area contributed by atoms with Gasteiger partial charge in [0.25, 0.3) is 5.91 Å². The lowest BCUT2D eigenvalue weighted by Crippen LogP contribution is -2.51. The first-order valence-electron chi connectivity index (χ1n) is 17.2. The van der Waals surface area contributed by atoms with Crippen LogP contribution in [0.25, 0.3) is 0 Å². The van der Waals surface area contributed by atoms with Crippen LogP contribution in [0.4, 0.5) is 5.69 Å². The Kier molecular flexibility index (Phi) is 12.5. The van der Waals surface area contributed by atoms with Crippen molar-refractivity contribution >= 4 is 29.5 Å². The van der Waals surface area contributed by atoms with Crippen molar-refractivity contribution in [2.24, 2.45) is 11.8 Å². The molecule has 5 rings (SSSR count). The van der Waals surface area contributed by atoms with Crippen molar-refractivity contribution in [1.29, 1.82) is 0 Å². The van der Waals surface area contributed by atoms with E-state index in [-0.39, 0.29) is 18.9 Å². The van der Waals surface area contributed by atoms with Crippen molar-refractivity contribution < 1.29 is 38.1 Å². The molecule has 1 aliphatic heterocycles. The summed E-state index contributed by atoms with van der Waals surface area (Å²) in [7, 11) is 3.26. The minimum atomic E-state index is -1.16. The number of nitrogens with zero attached hydrogens (tertiary/aromatic N) is 2. The van der Waals surface area contributed by atoms with Gasteiger partial charge in [0.15, 0.2) is 12.2 Å². The molecule has 260 valence electrons. The fourth-order valence-corrected chi connectivity index (χ4v) is 5.91. The van der Waals surface area contributed by atoms with Gasteiger partial charge in [0.05, 0.1) is 13.2 Å². The van der Waals surface area contributed by atoms with E-state index < -0.39 is 48.1 Å². The highest BCUT2D eigenvalue weighted by Gasteiger charge is 2.40. The summed E-state index contributed by atoms with van der Waals surface area (Å²) in [5.74, 6) is -1.62. The third-order valence-electron chi connectivity index (χ3n) is 9.36. The molecule has 3 fully saturated rings. The van der Waals surface area contributed by atoms with Crippen LogP contribution in [0, 0.1) is 11.8 Å². The summed E-state index contributed by atoms with van der Waals surface area (Å²) in [5.41, 5.74) is 2.70. The van der Waals surface area contributed by atoms with Crippen LogP contribution in [0.5, 0.6) is 0 Å². The van der Waals surface area contributed by atoms with Gasteiger partial charge in [-0.25, -0.2) is 9.59 Å². The second-order valence-corrected chi connectivity index (χ2v) is 13.2. The van der Waals surface area contributed by atoms with E-state index in [0.717, 1.165) is 55.6 Å². The number of hydrogen-bond acceptors (Lipinski definition) is 10. The predicted molar refractivity (Wildman–Crippen MR) is 179 cm³/mol. The number of rotatable bonds is 17. The van der Waals surface area contributed by atoms with Crippen molar-refractivity contribution in [3.05, 3.63) is 65.7 Å². The topological polar surface area (TPSA) is 124 Å². The van der Waals surface area contributed by atoms with Gasteiger partial charge in [0.1, 0.15) is 18.7 Å². The first-order valence-corrected chi connectivity index (χ1v) is 17.2. The maximum absolute atomic E-state index is 14.2. The number of carbonyl (C=O) groups is 4. The molecule has 1 heterocycles. The zero-order valence-electron chi connectivity index (χ0n) is 28.3. The van der Waals surface area contributed by atoms with Crippen molar-refractivity contribution in [1.82, 2.24) is 10.2 Å². The number of esters is 3. The third kappa shape index (κ3) is 10.3. The molecule has 2 aromatic carbocycles. The van der Waals surface area contributed by atoms with E-state index in [1.807, 2.05) is 54.6 Å². The van der Waals surface area contributed by atoms with Crippen LogP contribution < -0.4 is 10.2 Å². The van der Waals surface area contributed by atoms with E-state index in [2.05, 4.69) is 10.2 Å². The number of ether oxygens (including phenoxy) is 4. The molecule has 2 saturated carbocycles. The van der Waals surface area contributed by atoms with Gasteiger partial charge in [-0.05, 0) is 61.9 Å². The van der Waals surface area contributed by atoms with Crippen LogP contribution in [0.15, 0.2) is 54.6 Å². The monoisotopic (exact) mass is 663 g/mol. The fourth-order valence-electron chi connectivity index (χ4n) is 5.91. The Hall–Kier alpha value is -3.96. The van der Waals surface area contributed by atoms with E-state index in [4.69, 9.17) is 18.9 Å². The number of hydrogen-bond donors (Lipinski definition) is 1. The molecule has 1 amide bonds. The number of amides is 1. The molecule has 3 aliphatic rings. The molecule has 0 unspecified atom stereocenters. The van der Waals surface area contributed by atoms with Crippen LogP contribution in [0.1, 0.15) is 56.6 Å². The second kappa shape index (κ2) is 16.9. The Labute approximate surface area is 283 Å². The van der Waals surface area contributed by atoms with Gasteiger partial charge in [-0.3, -0.25) is 9.59 Å². The Morgan fingerprint density at radius 1 is 0.854 bits per heavy atom. The first kappa shape index (κ1) is 35.3. The van der Waals surface area contributed by atoms with Gasteiger partial charge in [-0.1, -0.05) is 68.1 Å². The van der Waals surface area contributed by atoms with Gasteiger partial charge in [0, 0.05) is 32.2 Å². The second-order valence-electron chi connectivity index (χ2n) is 13.2. The highest BCUT2D eigenvalue weighted by molar-refractivity contribution is 5.90. The molecule has 0 aromatic heterocycles. The van der Waals surface area contributed by atoms with E-state index >= 15 is 0 Å². The molecule has 0 bridgehead atoms. The summed E-state index contributed by atoms with van der Waals surface area (Å²) < 4.78 is 22.4. The Morgan fingerprint density at radius 2 is 1.50 bits per heavy atom. The molecule has 4 atom stereocenters. The molecule has 11 nitrogen and oxygen atoms in total. The normalized spacial score (nSPS) is 18.6. The lowest BCUT2D eigenvalue weighted by molar-refractivity contribution is -0.173. The first-order chi connectivity index (χ1) is 23.2. The number of morpholine rings is 1. The van der Waals surface area contributed by atoms with Crippen LogP contribution in [0.3, 0.4) is 0 Å². The van der Waals surface area contributed by atoms with Crippen molar-refractivity contribution in [3.63, 3.8) is 0 Å². The maximum atomic E-state index is 14.2. The highest BCUT2D eigenvalue weighted by Crippen LogP contribution is 2.36. The zero-order valence-corrected chi connectivity index (χ0v) is 28.3. The van der Waals surface area contributed by atoms with Gasteiger partial charge in [-0.2, -0.15) is 0 Å².